The van der Waals surface area contributed by atoms with Crippen LogP contribution in [0, 0.1) is 0 Å². The van der Waals surface area contributed by atoms with E-state index in [9.17, 15) is 65.8 Å². The van der Waals surface area contributed by atoms with Crippen LogP contribution in [0.15, 0.2) is 54.6 Å². The first-order valence-electron chi connectivity index (χ1n) is 22.5. The molecule has 5 aliphatic heterocycles. The van der Waals surface area contributed by atoms with Crippen LogP contribution in [0.5, 0.6) is 34.5 Å². The fourth-order valence-corrected chi connectivity index (χ4v) is 10.4. The molecule has 14 N–H and O–H groups in total. The summed E-state index contributed by atoms with van der Waals surface area (Å²) in [7, 11) is 3.13. The van der Waals surface area contributed by atoms with Crippen LogP contribution >= 0.6 is 0 Å². The summed E-state index contributed by atoms with van der Waals surface area (Å²) in [6, 6.07) is 12.2. The Morgan fingerprint density at radius 1 is 0.533 bits per heavy atom. The topological polar surface area (TPSA) is 369 Å². The second-order valence-electron chi connectivity index (χ2n) is 18.4. The van der Waals surface area contributed by atoms with Gasteiger partial charge in [0.2, 0.25) is 26.3 Å². The molecule has 5 fully saturated rings. The molecule has 414 valence electrons. The number of urea groups is 1. The molecular formula is C48H73AlLiN5O20. The number of likely N-dealkylation sites (N-methyl/N-ethyl adjacent to an activating group) is 1. The Bertz CT molecular complexity index is 2410. The first kappa shape index (κ1) is 63.5. The summed E-state index contributed by atoms with van der Waals surface area (Å²) < 4.78 is 37.4. The fourth-order valence-electron chi connectivity index (χ4n) is 10.4. The van der Waals surface area contributed by atoms with Crippen molar-refractivity contribution in [1.29, 1.82) is 0 Å². The number of amides is 3. The van der Waals surface area contributed by atoms with Crippen LogP contribution in [0.4, 0.5) is 4.79 Å². The van der Waals surface area contributed by atoms with Crippen molar-refractivity contribution < 1.29 is 119 Å². The minimum Gasteiger partial charge on any atom is -1.00 e. The number of hydrazine groups is 1. The number of benzene rings is 3. The van der Waals surface area contributed by atoms with Crippen molar-refractivity contribution in [2.24, 2.45) is 5.73 Å². The number of nitrogens with two attached hydrogens (primary N) is 1. The van der Waals surface area contributed by atoms with Gasteiger partial charge in [-0.3, -0.25) is 9.69 Å². The van der Waals surface area contributed by atoms with E-state index in [1.165, 1.54) is 7.05 Å². The quantitative estimate of drug-likeness (QED) is 0.0853. The normalized spacial score (nSPS) is 35.8. The van der Waals surface area contributed by atoms with Gasteiger partial charge in [0.25, 0.3) is 0 Å². The third-order valence-corrected chi connectivity index (χ3v) is 14.3. The van der Waals surface area contributed by atoms with E-state index in [0.717, 1.165) is 15.4 Å². The van der Waals surface area contributed by atoms with Gasteiger partial charge in [-0.1, -0.05) is 40.5 Å². The van der Waals surface area contributed by atoms with Crippen molar-refractivity contribution >= 4 is 29.3 Å². The number of nitrogens with one attached hydrogen (secondary N) is 1. The van der Waals surface area contributed by atoms with Crippen LogP contribution in [-0.2, 0) is 9.53 Å². The van der Waals surface area contributed by atoms with E-state index in [0.29, 0.717) is 45.6 Å². The van der Waals surface area contributed by atoms with Crippen molar-refractivity contribution in [3.8, 4) is 34.5 Å². The third kappa shape index (κ3) is 11.7. The van der Waals surface area contributed by atoms with Crippen molar-refractivity contribution in [3.63, 3.8) is 0 Å². The summed E-state index contributed by atoms with van der Waals surface area (Å²) in [5.41, 5.74) is 11.0. The maximum absolute atomic E-state index is 12.5. The summed E-state index contributed by atoms with van der Waals surface area (Å²) in [6.07, 6.45) is -16.0. The molecule has 3 aliphatic carbocycles. The van der Waals surface area contributed by atoms with Crippen LogP contribution in [0.1, 0.15) is 58.2 Å². The Hall–Kier alpha value is -4.07. The maximum Gasteiger partial charge on any atom is 1.00 e. The van der Waals surface area contributed by atoms with Gasteiger partial charge in [0.1, 0.15) is 62.1 Å². The van der Waals surface area contributed by atoms with Crippen LogP contribution < -0.4 is 58.4 Å². The fraction of sp³-hybridized carbons (Fsp3) is 0.583. The van der Waals surface area contributed by atoms with E-state index in [1.54, 1.807) is 53.5 Å². The van der Waals surface area contributed by atoms with E-state index >= 15 is 0 Å². The van der Waals surface area contributed by atoms with Gasteiger partial charge in [-0.25, -0.2) is 15.2 Å². The minimum atomic E-state index is -1.68. The van der Waals surface area contributed by atoms with Gasteiger partial charge in [-0.15, -0.1) is 0 Å². The molecule has 8 aliphatic rings. The zero-order chi connectivity index (χ0) is 50.0. The molecule has 25 nitrogen and oxygen atoms in total. The van der Waals surface area contributed by atoms with E-state index in [1.807, 2.05) is 13.1 Å². The van der Waals surface area contributed by atoms with Crippen LogP contribution in [0.25, 0.3) is 0 Å². The molecule has 3 saturated carbocycles. The van der Waals surface area contributed by atoms with Crippen LogP contribution in [-0.4, -0.2) is 239 Å². The number of ether oxygens (including phenoxy) is 7. The van der Waals surface area contributed by atoms with E-state index in [2.05, 4.69) is 5.43 Å². The summed E-state index contributed by atoms with van der Waals surface area (Å²) in [5.74, 6) is 0.712. The molecule has 27 heteroatoms. The average molecular weight is 1070 g/mol. The second kappa shape index (κ2) is 25.6. The molecule has 3 aromatic carbocycles. The number of fused-ring (bicyclic) bond motifs is 4. The van der Waals surface area contributed by atoms with Gasteiger partial charge in [0, 0.05) is 37.9 Å². The molecule has 0 radical (unpaired) electrons. The molecule has 11 rings (SSSR count). The number of carbonyl (C=O) groups excluding carboxylic acids is 2. The number of nitrogens with zero attached hydrogens (tertiary/aromatic N) is 3. The molecule has 0 bridgehead atoms. The van der Waals surface area contributed by atoms with Gasteiger partial charge < -0.3 is 101 Å². The molecule has 3 aromatic rings. The molecule has 0 aromatic heterocycles. The monoisotopic (exact) mass is 1070 g/mol. The SMILES string of the molecule is C.C.C.CN1C(=O)CN([C@H]2[C@H](O)[C@H](O)[C@@H](O)[C@H](O)[C@@H]2c2ccc3c(c2)OCO3)C1=O.CN1CO[C@@H]2[C@H](O)[C@@H](O)[C@H](O)[C@H](c3ccc4c(c3)OCO4)[C@H]2N1.N[C@H]1[C@H](O)[C@H](O)[C@@H](O)[C@H](O)[C@@H]1c1ccc2c(c1)OCO2.[AlH3].[H-].[Li+]. The molecule has 3 amide bonds. The van der Waals surface area contributed by atoms with Gasteiger partial charge in [-0.2, -0.15) is 0 Å². The zero-order valence-corrected chi connectivity index (χ0v) is 38.6. The number of hydrogen-bond acceptors (Lipinski definition) is 23. The van der Waals surface area contributed by atoms with Crippen LogP contribution in [0.3, 0.4) is 0 Å². The molecule has 0 spiro atoms. The molecular weight excluding hydrogens is 1000 g/mol. The van der Waals surface area contributed by atoms with Crippen molar-refractivity contribution in [2.75, 3.05) is 47.7 Å². The molecule has 75 heavy (non-hydrogen) atoms. The van der Waals surface area contributed by atoms with Gasteiger partial charge in [0.05, 0.1) is 36.5 Å². The van der Waals surface area contributed by atoms with Crippen molar-refractivity contribution in [2.45, 2.75) is 131 Å². The van der Waals surface area contributed by atoms with Crippen LogP contribution in [0.2, 0.25) is 0 Å². The number of imide groups is 1. The Labute approximate surface area is 457 Å². The predicted molar refractivity (Wildman–Crippen MR) is 264 cm³/mol. The minimum absolute atomic E-state index is 0. The summed E-state index contributed by atoms with van der Waals surface area (Å²) in [6.45, 7) is 0.331. The Morgan fingerprint density at radius 3 is 1.39 bits per heavy atom. The largest absolute Gasteiger partial charge is 1.00 e. The predicted octanol–water partition coefficient (Wildman–Crippen LogP) is -6.90. The summed E-state index contributed by atoms with van der Waals surface area (Å²) >= 11 is 0. The Morgan fingerprint density at radius 2 is 0.920 bits per heavy atom. The standard InChI is InChI=1S/C17H20N2O8.C15H20N2O6.C13H17NO6.3CH4.Al.Li.4H/c1-18-10(20)5-19(17(18)25)12-11(13(21)15(23)16(24)14(12)22)7-2-3-8-9(4-7)27-6-26-8;1-17-5-21-15-11(16-17)10(12(18)13(19)14(15)20)7-2-3-8-9(4-7)23-6-22-8;14-9-8(10(15)12(17)13(18)11(9)16)5-1-2-6-7(3-5)20-4-19-6;;;;;;;;;/h2-4,11-16,21-24H,5-6H2,1H3;2-4,10-16,18-20H,5-6H2,1H3;1-3,8-13,15-18H,4,14H2;3*1H4;;;;;;/q;;;;;;;+1;;;;-1/t11-,12-,13-,14+,15+,16+;10-,11-,12-,13+,14-,15+;8-,9-,10-,11+,12+,13+;;;;;;;;;/m111........./s1. The van der Waals surface area contributed by atoms with Crippen molar-refractivity contribution in [1.82, 2.24) is 20.2 Å². The number of rotatable bonds is 4. The van der Waals surface area contributed by atoms with Gasteiger partial charge >= 0.3 is 24.9 Å². The maximum atomic E-state index is 12.5. The number of aliphatic hydroxyl groups excluding tert-OH is 11. The summed E-state index contributed by atoms with van der Waals surface area (Å²) in [5, 5.41) is 114. The molecule has 0 unspecified atom stereocenters. The molecule has 2 saturated heterocycles. The first-order chi connectivity index (χ1) is 33.4. The summed E-state index contributed by atoms with van der Waals surface area (Å²) in [4.78, 5) is 26.4. The number of carbonyl (C=O) groups is 2. The van der Waals surface area contributed by atoms with E-state index < -0.39 is 115 Å². The van der Waals surface area contributed by atoms with Gasteiger partial charge in [-0.05, 0) is 53.1 Å². The smallest absolute Gasteiger partial charge is 1.00 e. The van der Waals surface area contributed by atoms with E-state index in [-0.39, 0.29) is 99.6 Å². The molecule has 5 heterocycles. The average Bonchev–Trinajstić information content (AvgIpc) is 4.19. The van der Waals surface area contributed by atoms with E-state index in [4.69, 9.17) is 38.9 Å². The Kier molecular flexibility index (Phi) is 21.7. The van der Waals surface area contributed by atoms with Gasteiger partial charge in [0.15, 0.2) is 51.9 Å². The molecule has 18 atom stereocenters. The number of aliphatic hydroxyl groups is 11. The first-order valence-corrected chi connectivity index (χ1v) is 22.5. The Balaban J connectivity index is 0.000000292. The van der Waals surface area contributed by atoms with Crippen molar-refractivity contribution in [3.05, 3.63) is 71.3 Å². The second-order valence-corrected chi connectivity index (χ2v) is 18.4. The zero-order valence-electron chi connectivity index (χ0n) is 39.6. The third-order valence-electron chi connectivity index (χ3n) is 14.3. The number of hydrogen-bond donors (Lipinski definition) is 13.